The number of carbonyl (C=O) groups is 1. The van der Waals surface area contributed by atoms with Crippen LogP contribution in [0.3, 0.4) is 0 Å². The van der Waals surface area contributed by atoms with Gasteiger partial charge in [0.2, 0.25) is 5.91 Å². The summed E-state index contributed by atoms with van der Waals surface area (Å²) >= 11 is 9.25. The second-order valence-corrected chi connectivity index (χ2v) is 8.65. The molecule has 0 aliphatic rings. The van der Waals surface area contributed by atoms with E-state index in [1.54, 1.807) is 17.7 Å². The van der Waals surface area contributed by atoms with Crippen molar-refractivity contribution in [3.8, 4) is 0 Å². The fraction of sp³-hybridized carbons (Fsp3) is 0.278. The van der Waals surface area contributed by atoms with Gasteiger partial charge in [0.25, 0.3) is 0 Å². The maximum atomic E-state index is 12.4. The molecule has 4 nitrogen and oxygen atoms in total. The van der Waals surface area contributed by atoms with E-state index in [0.717, 1.165) is 20.8 Å². The molecule has 130 valence electrons. The van der Waals surface area contributed by atoms with Gasteiger partial charge >= 0.3 is 0 Å². The molecule has 0 aliphatic heterocycles. The summed E-state index contributed by atoms with van der Waals surface area (Å²) in [5.41, 5.74) is 2.09. The number of hydrogen-bond acceptors (Lipinski definition) is 5. The lowest BCUT2D eigenvalue weighted by Crippen LogP contribution is -2.30. The molecule has 0 saturated heterocycles. The summed E-state index contributed by atoms with van der Waals surface area (Å²) in [6, 6.07) is 7.51. The van der Waals surface area contributed by atoms with E-state index in [9.17, 15) is 4.79 Å². The summed E-state index contributed by atoms with van der Waals surface area (Å²) in [7, 11) is 0. The molecule has 0 fully saturated rings. The van der Waals surface area contributed by atoms with E-state index in [4.69, 9.17) is 11.6 Å². The third kappa shape index (κ3) is 3.97. The van der Waals surface area contributed by atoms with Crippen LogP contribution in [0.4, 0.5) is 0 Å². The number of halogens is 1. The number of nitrogens with one attached hydrogen (secondary N) is 1. The van der Waals surface area contributed by atoms with E-state index in [2.05, 4.69) is 29.1 Å². The Kier molecular flexibility index (Phi) is 5.61. The number of carbonyl (C=O) groups excluding carboxylic acids is 1. The Labute approximate surface area is 160 Å². The Morgan fingerprint density at radius 1 is 1.32 bits per heavy atom. The SMILES string of the molecule is Cc1sc2ncnc(S[C@H](C)C(=O)NCc3ccccc3Cl)c2c1C. The smallest absolute Gasteiger partial charge is 0.233 e. The fourth-order valence-electron chi connectivity index (χ4n) is 2.43. The number of aromatic nitrogens is 2. The van der Waals surface area contributed by atoms with Crippen molar-refractivity contribution in [1.82, 2.24) is 15.3 Å². The Hall–Kier alpha value is -1.63. The normalized spacial score (nSPS) is 12.3. The van der Waals surface area contributed by atoms with Crippen molar-refractivity contribution < 1.29 is 4.79 Å². The van der Waals surface area contributed by atoms with E-state index >= 15 is 0 Å². The molecule has 0 spiro atoms. The summed E-state index contributed by atoms with van der Waals surface area (Å²) in [4.78, 5) is 23.4. The van der Waals surface area contributed by atoms with Crippen molar-refractivity contribution in [2.24, 2.45) is 0 Å². The highest BCUT2D eigenvalue weighted by Crippen LogP contribution is 2.35. The van der Waals surface area contributed by atoms with E-state index in [1.807, 2.05) is 31.2 Å². The molecular weight excluding hydrogens is 374 g/mol. The highest BCUT2D eigenvalue weighted by atomic mass is 35.5. The van der Waals surface area contributed by atoms with Crippen LogP contribution in [0.25, 0.3) is 10.2 Å². The summed E-state index contributed by atoms with van der Waals surface area (Å²) in [5, 5.41) is 5.25. The quantitative estimate of drug-likeness (QED) is 0.503. The zero-order valence-electron chi connectivity index (χ0n) is 14.2. The molecule has 25 heavy (non-hydrogen) atoms. The molecule has 1 N–H and O–H groups in total. The summed E-state index contributed by atoms with van der Waals surface area (Å²) in [5.74, 6) is -0.0405. The highest BCUT2D eigenvalue weighted by Gasteiger charge is 2.19. The van der Waals surface area contributed by atoms with Gasteiger partial charge in [-0.1, -0.05) is 41.6 Å². The largest absolute Gasteiger partial charge is 0.351 e. The van der Waals surface area contributed by atoms with Gasteiger partial charge in [0.1, 0.15) is 16.2 Å². The second-order valence-electron chi connectivity index (χ2n) is 5.71. The van der Waals surface area contributed by atoms with Crippen molar-refractivity contribution in [1.29, 1.82) is 0 Å². The van der Waals surface area contributed by atoms with Crippen LogP contribution in [-0.4, -0.2) is 21.1 Å². The Morgan fingerprint density at radius 3 is 2.84 bits per heavy atom. The van der Waals surface area contributed by atoms with Gasteiger partial charge in [-0.15, -0.1) is 11.3 Å². The average molecular weight is 392 g/mol. The number of rotatable bonds is 5. The number of aryl methyl sites for hydroxylation is 2. The number of amides is 1. The van der Waals surface area contributed by atoms with Crippen LogP contribution < -0.4 is 5.32 Å². The van der Waals surface area contributed by atoms with E-state index in [-0.39, 0.29) is 11.2 Å². The zero-order valence-corrected chi connectivity index (χ0v) is 16.6. The van der Waals surface area contributed by atoms with E-state index in [1.165, 1.54) is 22.2 Å². The van der Waals surface area contributed by atoms with Gasteiger partial charge in [-0.3, -0.25) is 4.79 Å². The molecule has 2 aromatic heterocycles. The van der Waals surface area contributed by atoms with Gasteiger partial charge in [0.15, 0.2) is 0 Å². The molecule has 0 bridgehead atoms. The molecule has 0 unspecified atom stereocenters. The number of hydrogen-bond donors (Lipinski definition) is 1. The predicted molar refractivity (Wildman–Crippen MR) is 106 cm³/mol. The zero-order chi connectivity index (χ0) is 18.0. The summed E-state index contributed by atoms with van der Waals surface area (Å²) in [6.07, 6.45) is 1.56. The molecule has 0 radical (unpaired) electrons. The monoisotopic (exact) mass is 391 g/mol. The minimum atomic E-state index is -0.264. The number of fused-ring (bicyclic) bond motifs is 1. The maximum Gasteiger partial charge on any atom is 0.233 e. The predicted octanol–water partition coefficient (Wildman–Crippen LogP) is 4.76. The third-order valence-electron chi connectivity index (χ3n) is 4.00. The van der Waals surface area contributed by atoms with E-state index < -0.39 is 0 Å². The highest BCUT2D eigenvalue weighted by molar-refractivity contribution is 8.00. The van der Waals surface area contributed by atoms with Crippen LogP contribution in [0.1, 0.15) is 22.9 Å². The van der Waals surface area contributed by atoms with Crippen LogP contribution in [0, 0.1) is 13.8 Å². The van der Waals surface area contributed by atoms with Gasteiger partial charge in [0, 0.05) is 21.8 Å². The number of thiophene rings is 1. The van der Waals surface area contributed by atoms with Crippen molar-refractivity contribution in [2.45, 2.75) is 37.6 Å². The van der Waals surface area contributed by atoms with Gasteiger partial charge in [-0.05, 0) is 38.0 Å². The molecule has 0 aliphatic carbocycles. The summed E-state index contributed by atoms with van der Waals surface area (Å²) < 4.78 is 0. The molecule has 1 atom stereocenters. The topological polar surface area (TPSA) is 54.9 Å². The van der Waals surface area contributed by atoms with Gasteiger partial charge in [0.05, 0.1) is 5.25 Å². The van der Waals surface area contributed by atoms with Crippen LogP contribution in [0.2, 0.25) is 5.02 Å². The first-order valence-electron chi connectivity index (χ1n) is 7.86. The number of benzene rings is 1. The van der Waals surface area contributed by atoms with Crippen molar-refractivity contribution >= 4 is 50.8 Å². The van der Waals surface area contributed by atoms with Crippen molar-refractivity contribution in [2.75, 3.05) is 0 Å². The lowest BCUT2D eigenvalue weighted by molar-refractivity contribution is -0.120. The minimum absolute atomic E-state index is 0.0405. The maximum absolute atomic E-state index is 12.4. The molecule has 0 saturated carbocycles. The second kappa shape index (κ2) is 7.72. The lowest BCUT2D eigenvalue weighted by atomic mass is 10.2. The molecule has 1 amide bonds. The number of thioether (sulfide) groups is 1. The molecule has 1 aromatic carbocycles. The standard InChI is InChI=1S/C18H18ClN3OS2/c1-10-11(2)24-17-15(10)18(22-9-21-17)25-12(3)16(23)20-8-13-6-4-5-7-14(13)19/h4-7,9,12H,8H2,1-3H3,(H,20,23)/t12-/m1/s1. The van der Waals surface area contributed by atoms with Gasteiger partial charge < -0.3 is 5.32 Å². The van der Waals surface area contributed by atoms with Crippen LogP contribution in [0.5, 0.6) is 0 Å². The summed E-state index contributed by atoms with van der Waals surface area (Å²) in [6.45, 7) is 6.45. The Balaban J connectivity index is 1.71. The molecule has 7 heteroatoms. The first-order chi connectivity index (χ1) is 12.0. The Morgan fingerprint density at radius 2 is 2.08 bits per heavy atom. The molecule has 2 heterocycles. The van der Waals surface area contributed by atoms with Crippen LogP contribution in [-0.2, 0) is 11.3 Å². The fourth-order valence-corrected chi connectivity index (χ4v) is 4.69. The van der Waals surface area contributed by atoms with Crippen molar-refractivity contribution in [3.63, 3.8) is 0 Å². The van der Waals surface area contributed by atoms with Crippen molar-refractivity contribution in [3.05, 3.63) is 51.6 Å². The average Bonchev–Trinajstić information content (AvgIpc) is 2.89. The first-order valence-corrected chi connectivity index (χ1v) is 9.93. The third-order valence-corrected chi connectivity index (χ3v) is 6.58. The van der Waals surface area contributed by atoms with Crippen LogP contribution in [0.15, 0.2) is 35.6 Å². The van der Waals surface area contributed by atoms with Gasteiger partial charge in [-0.25, -0.2) is 9.97 Å². The molecule has 3 rings (SSSR count). The molecular formula is C18H18ClN3OS2. The minimum Gasteiger partial charge on any atom is -0.351 e. The van der Waals surface area contributed by atoms with E-state index in [0.29, 0.717) is 11.6 Å². The number of nitrogens with zero attached hydrogens (tertiary/aromatic N) is 2. The Bertz CT molecular complexity index is 926. The lowest BCUT2D eigenvalue weighted by Gasteiger charge is -2.13. The van der Waals surface area contributed by atoms with Crippen LogP contribution >= 0.6 is 34.7 Å². The first kappa shape index (κ1) is 18.2. The van der Waals surface area contributed by atoms with Gasteiger partial charge in [-0.2, -0.15) is 0 Å². The molecule has 3 aromatic rings.